The highest BCUT2D eigenvalue weighted by molar-refractivity contribution is 6.03. The maximum absolute atomic E-state index is 12.3. The Kier molecular flexibility index (Phi) is 5.80. The molecular weight excluding hydrogens is 294 g/mol. The lowest BCUT2D eigenvalue weighted by Crippen LogP contribution is -2.14. The van der Waals surface area contributed by atoms with Crippen LogP contribution >= 0.6 is 0 Å². The molecule has 1 amide bonds. The number of benzene rings is 1. The molecule has 0 radical (unpaired) electrons. The third-order valence-corrected chi connectivity index (χ3v) is 3.23. The lowest BCUT2D eigenvalue weighted by Gasteiger charge is -2.11. The molecule has 0 aliphatic rings. The Hall–Kier alpha value is -2.76. The van der Waals surface area contributed by atoms with E-state index in [0.29, 0.717) is 22.9 Å². The molecule has 0 bridgehead atoms. The zero-order valence-corrected chi connectivity index (χ0v) is 13.6. The molecule has 1 aromatic carbocycles. The number of amides is 1. The van der Waals surface area contributed by atoms with Gasteiger partial charge in [-0.25, -0.2) is 4.98 Å². The number of pyridine rings is 1. The topological polar surface area (TPSA) is 72.5 Å². The first kappa shape index (κ1) is 16.6. The van der Waals surface area contributed by atoms with Gasteiger partial charge in [0, 0.05) is 12.6 Å². The lowest BCUT2D eigenvalue weighted by molar-refractivity contribution is 0.102. The van der Waals surface area contributed by atoms with E-state index in [1.54, 1.807) is 37.6 Å². The summed E-state index contributed by atoms with van der Waals surface area (Å²) in [5.74, 6) is 0.888. The van der Waals surface area contributed by atoms with Gasteiger partial charge in [-0.3, -0.25) is 4.79 Å². The maximum Gasteiger partial charge on any atom is 0.274 e. The maximum atomic E-state index is 12.3. The van der Waals surface area contributed by atoms with Crippen LogP contribution in [0.25, 0.3) is 0 Å². The van der Waals surface area contributed by atoms with Crippen LogP contribution in [0.3, 0.4) is 0 Å². The Morgan fingerprint density at radius 3 is 2.61 bits per heavy atom. The van der Waals surface area contributed by atoms with E-state index < -0.39 is 0 Å². The molecule has 0 fully saturated rings. The molecular formula is C17H21N3O3. The molecule has 23 heavy (non-hydrogen) atoms. The van der Waals surface area contributed by atoms with Crippen molar-refractivity contribution in [2.24, 2.45) is 0 Å². The van der Waals surface area contributed by atoms with Gasteiger partial charge in [-0.1, -0.05) is 6.92 Å². The molecule has 2 N–H and O–H groups in total. The number of anilines is 2. The number of hydrogen-bond acceptors (Lipinski definition) is 5. The second-order valence-corrected chi connectivity index (χ2v) is 4.88. The minimum atomic E-state index is -0.296. The summed E-state index contributed by atoms with van der Waals surface area (Å²) in [7, 11) is 3.11. The van der Waals surface area contributed by atoms with Gasteiger partial charge in [-0.15, -0.1) is 0 Å². The van der Waals surface area contributed by atoms with Crippen LogP contribution in [0.5, 0.6) is 11.5 Å². The lowest BCUT2D eigenvalue weighted by atomic mass is 10.2. The summed E-state index contributed by atoms with van der Waals surface area (Å²) in [6, 6.07) is 8.71. The van der Waals surface area contributed by atoms with Crippen LogP contribution in [-0.2, 0) is 0 Å². The Morgan fingerprint density at radius 1 is 1.17 bits per heavy atom. The molecule has 6 nitrogen and oxygen atoms in total. The monoisotopic (exact) mass is 315 g/mol. The number of carbonyl (C=O) groups excluding carboxylic acids is 1. The van der Waals surface area contributed by atoms with Gasteiger partial charge in [0.05, 0.1) is 31.8 Å². The molecule has 0 spiro atoms. The highest BCUT2D eigenvalue weighted by atomic mass is 16.5. The van der Waals surface area contributed by atoms with Crippen LogP contribution in [-0.4, -0.2) is 31.7 Å². The first-order valence-corrected chi connectivity index (χ1v) is 7.41. The summed E-state index contributed by atoms with van der Waals surface area (Å²) in [6.07, 6.45) is 2.68. The number of rotatable bonds is 7. The van der Waals surface area contributed by atoms with Crippen LogP contribution < -0.4 is 20.1 Å². The van der Waals surface area contributed by atoms with Crippen molar-refractivity contribution in [3.8, 4) is 11.5 Å². The Balaban J connectivity index is 2.09. The van der Waals surface area contributed by atoms with Crippen molar-refractivity contribution in [3.63, 3.8) is 0 Å². The molecule has 0 saturated heterocycles. The van der Waals surface area contributed by atoms with Crippen molar-refractivity contribution in [1.82, 2.24) is 4.98 Å². The van der Waals surface area contributed by atoms with Gasteiger partial charge >= 0.3 is 0 Å². The number of ether oxygens (including phenoxy) is 2. The summed E-state index contributed by atoms with van der Waals surface area (Å²) in [5, 5.41) is 6.00. The van der Waals surface area contributed by atoms with Crippen molar-refractivity contribution in [2.75, 3.05) is 31.4 Å². The number of methoxy groups -OCH3 is 2. The Bertz CT molecular complexity index is 657. The Morgan fingerprint density at radius 2 is 2.00 bits per heavy atom. The van der Waals surface area contributed by atoms with Crippen LogP contribution in [0.1, 0.15) is 23.8 Å². The molecule has 0 atom stereocenters. The van der Waals surface area contributed by atoms with E-state index in [9.17, 15) is 4.79 Å². The molecule has 2 rings (SSSR count). The smallest absolute Gasteiger partial charge is 0.274 e. The van der Waals surface area contributed by atoms with Crippen molar-refractivity contribution in [3.05, 3.63) is 42.2 Å². The van der Waals surface area contributed by atoms with E-state index in [2.05, 4.69) is 22.5 Å². The minimum absolute atomic E-state index is 0.296. The van der Waals surface area contributed by atoms with E-state index in [-0.39, 0.29) is 5.91 Å². The van der Waals surface area contributed by atoms with Gasteiger partial charge in [-0.2, -0.15) is 0 Å². The zero-order valence-electron chi connectivity index (χ0n) is 13.6. The fraction of sp³-hybridized carbons (Fsp3) is 0.294. The average Bonchev–Trinajstić information content (AvgIpc) is 2.60. The standard InChI is InChI=1S/C17H21N3O3/c1-4-9-18-12-5-7-15(19-11-12)17(21)20-14-8-6-13(22-2)10-16(14)23-3/h5-8,10-11,18H,4,9H2,1-3H3,(H,20,21). The molecule has 0 unspecified atom stereocenters. The predicted molar refractivity (Wildman–Crippen MR) is 90.5 cm³/mol. The molecule has 0 aliphatic carbocycles. The van der Waals surface area contributed by atoms with Crippen molar-refractivity contribution >= 4 is 17.3 Å². The molecule has 122 valence electrons. The first-order valence-electron chi connectivity index (χ1n) is 7.41. The van der Waals surface area contributed by atoms with Gasteiger partial charge in [0.2, 0.25) is 0 Å². The van der Waals surface area contributed by atoms with Crippen molar-refractivity contribution in [2.45, 2.75) is 13.3 Å². The summed E-state index contributed by atoms with van der Waals surface area (Å²) in [4.78, 5) is 16.5. The second-order valence-electron chi connectivity index (χ2n) is 4.88. The molecule has 6 heteroatoms. The summed E-state index contributed by atoms with van der Waals surface area (Å²) >= 11 is 0. The predicted octanol–water partition coefficient (Wildman–Crippen LogP) is 3.17. The quantitative estimate of drug-likeness (QED) is 0.821. The van der Waals surface area contributed by atoms with Gasteiger partial charge < -0.3 is 20.1 Å². The molecule has 0 aliphatic heterocycles. The van der Waals surface area contributed by atoms with Gasteiger partial charge in [0.15, 0.2) is 0 Å². The van der Waals surface area contributed by atoms with E-state index in [1.165, 1.54) is 7.11 Å². The number of hydrogen-bond donors (Lipinski definition) is 2. The second kappa shape index (κ2) is 8.03. The van der Waals surface area contributed by atoms with E-state index >= 15 is 0 Å². The third kappa shape index (κ3) is 4.35. The summed E-state index contributed by atoms with van der Waals surface area (Å²) in [6.45, 7) is 2.96. The van der Waals surface area contributed by atoms with Crippen molar-refractivity contribution < 1.29 is 14.3 Å². The summed E-state index contributed by atoms with van der Waals surface area (Å²) < 4.78 is 10.4. The number of nitrogens with zero attached hydrogens (tertiary/aromatic N) is 1. The fourth-order valence-corrected chi connectivity index (χ4v) is 1.99. The van der Waals surface area contributed by atoms with E-state index in [0.717, 1.165) is 18.7 Å². The number of aromatic nitrogens is 1. The number of carbonyl (C=O) groups is 1. The molecule has 1 aromatic heterocycles. The zero-order chi connectivity index (χ0) is 16.7. The van der Waals surface area contributed by atoms with Crippen molar-refractivity contribution in [1.29, 1.82) is 0 Å². The van der Waals surface area contributed by atoms with Gasteiger partial charge in [0.1, 0.15) is 17.2 Å². The Labute approximate surface area is 135 Å². The summed E-state index contributed by atoms with van der Waals surface area (Å²) in [5.41, 5.74) is 1.80. The molecule has 0 saturated carbocycles. The van der Waals surface area contributed by atoms with E-state index in [4.69, 9.17) is 9.47 Å². The van der Waals surface area contributed by atoms with Crippen LogP contribution in [0, 0.1) is 0 Å². The third-order valence-electron chi connectivity index (χ3n) is 3.23. The van der Waals surface area contributed by atoms with Gasteiger partial charge in [-0.05, 0) is 30.7 Å². The minimum Gasteiger partial charge on any atom is -0.497 e. The first-order chi connectivity index (χ1) is 11.2. The molecule has 1 heterocycles. The van der Waals surface area contributed by atoms with Crippen LogP contribution in [0.4, 0.5) is 11.4 Å². The highest BCUT2D eigenvalue weighted by Crippen LogP contribution is 2.29. The normalized spacial score (nSPS) is 10.0. The highest BCUT2D eigenvalue weighted by Gasteiger charge is 2.11. The fourth-order valence-electron chi connectivity index (χ4n) is 1.99. The largest absolute Gasteiger partial charge is 0.497 e. The SMILES string of the molecule is CCCNc1ccc(C(=O)Nc2ccc(OC)cc2OC)nc1. The van der Waals surface area contributed by atoms with E-state index in [1.807, 2.05) is 6.07 Å². The van der Waals surface area contributed by atoms with Crippen LogP contribution in [0.2, 0.25) is 0 Å². The average molecular weight is 315 g/mol. The van der Waals surface area contributed by atoms with Gasteiger partial charge in [0.25, 0.3) is 5.91 Å². The van der Waals surface area contributed by atoms with Crippen LogP contribution in [0.15, 0.2) is 36.5 Å². The number of nitrogens with one attached hydrogen (secondary N) is 2. The molecule has 2 aromatic rings.